The molecule has 0 aromatic rings. The number of phosphoric ester groups is 1. The third-order valence-corrected chi connectivity index (χ3v) is 20.7. The van der Waals surface area contributed by atoms with Crippen LogP contribution in [0.15, 0.2) is 0 Å². The van der Waals surface area contributed by atoms with Crippen molar-refractivity contribution in [2.45, 2.75) is 408 Å². The molecule has 0 aromatic carbocycles. The van der Waals surface area contributed by atoms with Crippen molar-refractivity contribution in [2.75, 3.05) is 26.4 Å². The van der Waals surface area contributed by atoms with Crippen LogP contribution >= 0.6 is 7.82 Å². The van der Waals surface area contributed by atoms with Crippen LogP contribution in [0.2, 0.25) is 0 Å². The van der Waals surface area contributed by atoms with E-state index >= 15 is 0 Å². The number of carbonyl (C=O) groups excluding carboxylic acids is 3. The second-order valence-corrected chi connectivity index (χ2v) is 30.0. The van der Waals surface area contributed by atoms with Crippen LogP contribution in [0.5, 0.6) is 0 Å². The Balaban J connectivity index is 1.73. The second kappa shape index (κ2) is 53.7. The third kappa shape index (κ3) is 37.1. The standard InChI is InChI=1S/C73H137O24P/c1-6-9-12-15-18-19-20-21-22-33-40-47-59(77)92-54(49-89-57(75)45-38-31-25-23-29-36-43-52(4)41-34-27-16-13-10-7-2)50-91-98(87,88)97-71-69(95-72-67(85)62(80)60(78)55(48-74)93-72)65(83)64(82)66(84)70(71)96-73-68(86)63(81)61(79)56(94-73)51-90-58(76)46-39-32-26-24-30-37-44-53(5)42-35-28-17-14-11-8-3/h52-56,60-74,78-86H,6-51H2,1-5H3,(H,87,88). The van der Waals surface area contributed by atoms with E-state index in [1.165, 1.54) is 135 Å². The van der Waals surface area contributed by atoms with Gasteiger partial charge in [0.1, 0.15) is 98.7 Å². The molecule has 0 spiro atoms. The van der Waals surface area contributed by atoms with Crippen LogP contribution in [0.3, 0.4) is 0 Å². The van der Waals surface area contributed by atoms with E-state index in [1.54, 1.807) is 0 Å². The molecule has 578 valence electrons. The van der Waals surface area contributed by atoms with Gasteiger partial charge in [0.25, 0.3) is 0 Å². The zero-order chi connectivity index (χ0) is 72.1. The second-order valence-electron chi connectivity index (χ2n) is 28.6. The van der Waals surface area contributed by atoms with Gasteiger partial charge in [0.2, 0.25) is 0 Å². The van der Waals surface area contributed by atoms with Crippen LogP contribution in [0.25, 0.3) is 0 Å². The van der Waals surface area contributed by atoms with Gasteiger partial charge >= 0.3 is 25.7 Å². The molecule has 1 saturated carbocycles. The summed E-state index contributed by atoms with van der Waals surface area (Å²) in [5, 5.41) is 110. The molecule has 0 bridgehead atoms. The summed E-state index contributed by atoms with van der Waals surface area (Å²) < 4.78 is 65.1. The molecular formula is C73H137O24P. The minimum absolute atomic E-state index is 0.0305. The fourth-order valence-corrected chi connectivity index (χ4v) is 14.2. The zero-order valence-electron chi connectivity index (χ0n) is 60.7. The van der Waals surface area contributed by atoms with Gasteiger partial charge in [0, 0.05) is 19.3 Å². The summed E-state index contributed by atoms with van der Waals surface area (Å²) in [4.78, 5) is 51.1. The highest BCUT2D eigenvalue weighted by Gasteiger charge is 2.58. The van der Waals surface area contributed by atoms with E-state index in [9.17, 15) is 74.9 Å². The van der Waals surface area contributed by atoms with Crippen molar-refractivity contribution in [2.24, 2.45) is 11.8 Å². The van der Waals surface area contributed by atoms with Crippen LogP contribution in [0.1, 0.15) is 304 Å². The lowest BCUT2D eigenvalue weighted by molar-refractivity contribution is -0.360. The molecule has 3 aliphatic rings. The first-order valence-corrected chi connectivity index (χ1v) is 40.1. The Morgan fingerprint density at radius 2 is 0.714 bits per heavy atom. The molecule has 98 heavy (non-hydrogen) atoms. The molecule has 20 unspecified atom stereocenters. The van der Waals surface area contributed by atoms with Gasteiger partial charge in [0.15, 0.2) is 18.7 Å². The molecule has 3 fully saturated rings. The fourth-order valence-electron chi connectivity index (χ4n) is 13.2. The van der Waals surface area contributed by atoms with Crippen molar-refractivity contribution in [3.8, 4) is 0 Å². The number of unbranched alkanes of at least 4 members (excludes halogenated alkanes) is 30. The van der Waals surface area contributed by atoms with E-state index in [0.717, 1.165) is 96.3 Å². The predicted octanol–water partition coefficient (Wildman–Crippen LogP) is 10.7. The Labute approximate surface area is 587 Å². The average Bonchev–Trinajstić information content (AvgIpc) is 0.762. The van der Waals surface area contributed by atoms with Crippen molar-refractivity contribution in [1.29, 1.82) is 0 Å². The lowest BCUT2D eigenvalue weighted by atomic mass is 9.84. The lowest BCUT2D eigenvalue weighted by Crippen LogP contribution is -2.69. The normalized spacial score (nSPS) is 28.2. The van der Waals surface area contributed by atoms with Crippen LogP contribution in [0, 0.1) is 11.8 Å². The number of hydrogen-bond acceptors (Lipinski definition) is 23. The number of aliphatic hydroxyl groups is 10. The molecule has 11 N–H and O–H groups in total. The zero-order valence-corrected chi connectivity index (χ0v) is 61.6. The van der Waals surface area contributed by atoms with Crippen molar-refractivity contribution in [3.05, 3.63) is 0 Å². The van der Waals surface area contributed by atoms with E-state index in [4.69, 9.17) is 42.2 Å². The smallest absolute Gasteiger partial charge is 0.463 e. The SMILES string of the molecule is CCCCCCCCCCCCCC(=O)OC(COC(=O)CCCCCCCCC(C)CCCCCCCC)COP(=O)(O)OC1C(OC2OC(CO)C(O)C(O)C2O)C(O)C(O)C(O)C1OC1OC(COC(=O)CCCCCCCCC(C)CCCCCCCC)C(O)C(O)C1O. The van der Waals surface area contributed by atoms with Gasteiger partial charge in [-0.1, -0.05) is 266 Å². The summed E-state index contributed by atoms with van der Waals surface area (Å²) in [5.74, 6) is -0.585. The molecule has 24 nitrogen and oxygen atoms in total. The van der Waals surface area contributed by atoms with Gasteiger partial charge in [-0.3, -0.25) is 23.4 Å². The summed E-state index contributed by atoms with van der Waals surface area (Å²) in [6.45, 7) is 8.10. The Morgan fingerprint density at radius 3 is 1.10 bits per heavy atom. The maximum Gasteiger partial charge on any atom is 0.472 e. The van der Waals surface area contributed by atoms with Crippen LogP contribution in [0.4, 0.5) is 0 Å². The molecule has 25 heteroatoms. The molecule has 2 saturated heterocycles. The highest BCUT2D eigenvalue weighted by atomic mass is 31.2. The highest BCUT2D eigenvalue weighted by Crippen LogP contribution is 2.49. The fraction of sp³-hybridized carbons (Fsp3) is 0.959. The summed E-state index contributed by atoms with van der Waals surface area (Å²) in [6.07, 6.45) is 7.55. The number of carbonyl (C=O) groups is 3. The van der Waals surface area contributed by atoms with Gasteiger partial charge in [0.05, 0.1) is 13.2 Å². The summed E-state index contributed by atoms with van der Waals surface area (Å²) in [5.41, 5.74) is 0. The molecule has 0 amide bonds. The molecule has 0 radical (unpaired) electrons. The van der Waals surface area contributed by atoms with Crippen molar-refractivity contribution >= 4 is 25.7 Å². The first kappa shape index (κ1) is 90.2. The summed E-state index contributed by atoms with van der Waals surface area (Å²) in [7, 11) is -5.69. The minimum atomic E-state index is -5.69. The Hall–Kier alpha value is -2.04. The molecule has 1 aliphatic carbocycles. The van der Waals surface area contributed by atoms with Crippen molar-refractivity contribution in [1.82, 2.24) is 0 Å². The van der Waals surface area contributed by atoms with Gasteiger partial charge in [-0.25, -0.2) is 4.57 Å². The Kier molecular flexibility index (Phi) is 49.4. The Morgan fingerprint density at radius 1 is 0.388 bits per heavy atom. The maximum absolute atomic E-state index is 14.3. The third-order valence-electron chi connectivity index (χ3n) is 19.7. The number of hydrogen-bond donors (Lipinski definition) is 11. The van der Waals surface area contributed by atoms with E-state index in [1.807, 2.05) is 0 Å². The lowest BCUT2D eigenvalue weighted by Gasteiger charge is -2.49. The quantitative estimate of drug-likeness (QED) is 0.0117. The largest absolute Gasteiger partial charge is 0.472 e. The molecule has 3 rings (SSSR count). The highest BCUT2D eigenvalue weighted by molar-refractivity contribution is 7.47. The Bertz CT molecular complexity index is 2060. The molecule has 2 heterocycles. The van der Waals surface area contributed by atoms with E-state index < -0.39 is 156 Å². The van der Waals surface area contributed by atoms with Gasteiger partial charge in [-0.2, -0.15) is 0 Å². The van der Waals surface area contributed by atoms with Crippen LogP contribution in [-0.2, 0) is 61.2 Å². The number of ether oxygens (including phenoxy) is 7. The summed E-state index contributed by atoms with van der Waals surface area (Å²) >= 11 is 0. The van der Waals surface area contributed by atoms with Crippen LogP contribution in [-0.4, -0.2) is 204 Å². The number of esters is 3. The monoisotopic (exact) mass is 1430 g/mol. The van der Waals surface area contributed by atoms with E-state index in [0.29, 0.717) is 31.1 Å². The van der Waals surface area contributed by atoms with E-state index in [-0.39, 0.29) is 19.3 Å². The van der Waals surface area contributed by atoms with Gasteiger partial charge in [-0.05, 0) is 31.1 Å². The van der Waals surface area contributed by atoms with E-state index in [2.05, 4.69) is 34.6 Å². The van der Waals surface area contributed by atoms with Crippen LogP contribution < -0.4 is 0 Å². The minimum Gasteiger partial charge on any atom is -0.463 e. The molecule has 20 atom stereocenters. The predicted molar refractivity (Wildman–Crippen MR) is 370 cm³/mol. The van der Waals surface area contributed by atoms with Crippen molar-refractivity contribution < 1.29 is 117 Å². The molecule has 2 aliphatic heterocycles. The summed E-state index contributed by atoms with van der Waals surface area (Å²) in [6, 6.07) is 0. The number of rotatable bonds is 59. The molecule has 0 aromatic heterocycles. The topological polar surface area (TPSA) is 374 Å². The average molecular weight is 1430 g/mol. The number of phosphoric acid groups is 1. The van der Waals surface area contributed by atoms with Crippen molar-refractivity contribution in [3.63, 3.8) is 0 Å². The molecular weight excluding hydrogens is 1290 g/mol. The van der Waals surface area contributed by atoms with Gasteiger partial charge < -0.3 is 89.1 Å². The first-order valence-electron chi connectivity index (χ1n) is 38.6. The number of aliphatic hydroxyl groups excluding tert-OH is 10. The first-order chi connectivity index (χ1) is 47.1. The maximum atomic E-state index is 14.3. The van der Waals surface area contributed by atoms with Gasteiger partial charge in [-0.15, -0.1) is 0 Å².